The van der Waals surface area contributed by atoms with Crippen LogP contribution < -0.4 is 4.84 Å². The molecule has 0 bridgehead atoms. The van der Waals surface area contributed by atoms with Crippen molar-refractivity contribution >= 4 is 10.8 Å². The van der Waals surface area contributed by atoms with Gasteiger partial charge in [0.25, 0.3) is 0 Å². The van der Waals surface area contributed by atoms with Gasteiger partial charge in [0.2, 0.25) is 5.88 Å². The smallest absolute Gasteiger partial charge is 0.255 e. The Morgan fingerprint density at radius 1 is 1.29 bits per heavy atom. The number of hydrogen-bond acceptors (Lipinski definition) is 4. The van der Waals surface area contributed by atoms with E-state index in [1.54, 1.807) is 18.2 Å². The average molecular weight is 190 g/mol. The van der Waals surface area contributed by atoms with Crippen molar-refractivity contribution in [1.29, 1.82) is 0 Å². The lowest BCUT2D eigenvalue weighted by Crippen LogP contribution is -2.05. The minimum atomic E-state index is -0.866. The number of aromatic nitrogens is 1. The Kier molecular flexibility index (Phi) is 1.98. The second-order valence-corrected chi connectivity index (χ2v) is 2.65. The zero-order valence-electron chi connectivity index (χ0n) is 7.08. The standard InChI is InChI=1S/C9H6N2O3/c12-11(13)14-9-8-4-2-1-3-7(8)5-6-10-9/h1-6H. The van der Waals surface area contributed by atoms with Crippen molar-refractivity contribution < 1.29 is 9.92 Å². The molecule has 0 unspecified atom stereocenters. The number of nitrogens with zero attached hydrogens (tertiary/aromatic N) is 2. The van der Waals surface area contributed by atoms with E-state index in [0.717, 1.165) is 5.39 Å². The third-order valence-electron chi connectivity index (χ3n) is 1.80. The van der Waals surface area contributed by atoms with Gasteiger partial charge < -0.3 is 0 Å². The molecule has 0 aliphatic carbocycles. The Morgan fingerprint density at radius 3 is 2.86 bits per heavy atom. The molecule has 2 aromatic rings. The van der Waals surface area contributed by atoms with Crippen LogP contribution in [0.15, 0.2) is 36.5 Å². The van der Waals surface area contributed by atoms with Crippen LogP contribution >= 0.6 is 0 Å². The zero-order chi connectivity index (χ0) is 9.97. The van der Waals surface area contributed by atoms with E-state index in [2.05, 4.69) is 9.82 Å². The molecule has 0 fully saturated rings. The molecular formula is C9H6N2O3. The van der Waals surface area contributed by atoms with Crippen LogP contribution in [0.25, 0.3) is 10.8 Å². The predicted molar refractivity (Wildman–Crippen MR) is 49.4 cm³/mol. The molecule has 0 amide bonds. The van der Waals surface area contributed by atoms with Crippen LogP contribution in [0.4, 0.5) is 0 Å². The van der Waals surface area contributed by atoms with Crippen molar-refractivity contribution in [3.05, 3.63) is 46.6 Å². The first-order valence-corrected chi connectivity index (χ1v) is 3.93. The molecular weight excluding hydrogens is 184 g/mol. The van der Waals surface area contributed by atoms with Crippen molar-refractivity contribution in [2.75, 3.05) is 0 Å². The molecule has 5 nitrogen and oxygen atoms in total. The maximum absolute atomic E-state index is 10.2. The van der Waals surface area contributed by atoms with E-state index in [9.17, 15) is 10.1 Å². The quantitative estimate of drug-likeness (QED) is 0.535. The van der Waals surface area contributed by atoms with Crippen molar-refractivity contribution in [3.63, 3.8) is 0 Å². The first kappa shape index (κ1) is 8.43. The fourth-order valence-electron chi connectivity index (χ4n) is 1.24. The van der Waals surface area contributed by atoms with Gasteiger partial charge >= 0.3 is 5.09 Å². The number of benzene rings is 1. The van der Waals surface area contributed by atoms with Gasteiger partial charge in [-0.3, -0.25) is 4.84 Å². The van der Waals surface area contributed by atoms with Gasteiger partial charge in [0.1, 0.15) is 0 Å². The molecule has 0 aliphatic rings. The molecule has 0 saturated carbocycles. The summed E-state index contributed by atoms with van der Waals surface area (Å²) in [5, 5.41) is 10.8. The third kappa shape index (κ3) is 1.47. The molecule has 0 radical (unpaired) electrons. The molecule has 70 valence electrons. The van der Waals surface area contributed by atoms with Gasteiger partial charge in [-0.25, -0.2) is 4.98 Å². The Hall–Kier alpha value is -2.17. The Bertz CT molecular complexity index is 479. The van der Waals surface area contributed by atoms with Gasteiger partial charge in [-0.1, -0.05) is 24.3 Å². The van der Waals surface area contributed by atoms with Crippen LogP contribution in [0.1, 0.15) is 0 Å². The van der Waals surface area contributed by atoms with Gasteiger partial charge in [-0.15, -0.1) is 10.1 Å². The minimum absolute atomic E-state index is 0.0214. The fourth-order valence-corrected chi connectivity index (χ4v) is 1.24. The molecule has 0 N–H and O–H groups in total. The molecule has 1 aromatic carbocycles. The topological polar surface area (TPSA) is 65.3 Å². The number of fused-ring (bicyclic) bond motifs is 1. The molecule has 5 heteroatoms. The highest BCUT2D eigenvalue weighted by molar-refractivity contribution is 5.86. The largest absolute Gasteiger partial charge is 0.301 e. The van der Waals surface area contributed by atoms with Gasteiger partial charge in [0.05, 0.1) is 0 Å². The highest BCUT2D eigenvalue weighted by atomic mass is 17.0. The maximum Gasteiger partial charge on any atom is 0.301 e. The van der Waals surface area contributed by atoms with Gasteiger partial charge in [-0.2, -0.15) is 0 Å². The Morgan fingerprint density at radius 2 is 2.07 bits per heavy atom. The molecule has 14 heavy (non-hydrogen) atoms. The molecule has 0 aliphatic heterocycles. The SMILES string of the molecule is O=[N+]([O-])Oc1nccc2ccccc12. The van der Waals surface area contributed by atoms with E-state index >= 15 is 0 Å². The minimum Gasteiger partial charge on any atom is -0.255 e. The zero-order valence-corrected chi connectivity index (χ0v) is 7.08. The monoisotopic (exact) mass is 190 g/mol. The Labute approximate surface area is 79.1 Å². The molecule has 2 rings (SSSR count). The van der Waals surface area contributed by atoms with Gasteiger partial charge in [0.15, 0.2) is 0 Å². The molecule has 0 spiro atoms. The average Bonchev–Trinajstić information content (AvgIpc) is 2.18. The Balaban J connectivity index is 2.59. The fraction of sp³-hybridized carbons (Fsp3) is 0. The number of pyridine rings is 1. The second kappa shape index (κ2) is 3.29. The lowest BCUT2D eigenvalue weighted by molar-refractivity contribution is -0.711. The molecule has 0 saturated heterocycles. The van der Waals surface area contributed by atoms with E-state index in [0.29, 0.717) is 5.39 Å². The summed E-state index contributed by atoms with van der Waals surface area (Å²) in [5.41, 5.74) is 0. The van der Waals surface area contributed by atoms with Crippen LogP contribution in [0.2, 0.25) is 0 Å². The third-order valence-corrected chi connectivity index (χ3v) is 1.80. The number of hydrogen-bond donors (Lipinski definition) is 0. The highest BCUT2D eigenvalue weighted by Crippen LogP contribution is 2.22. The molecule has 1 aromatic heterocycles. The van der Waals surface area contributed by atoms with Crippen LogP contribution in [-0.4, -0.2) is 10.1 Å². The second-order valence-electron chi connectivity index (χ2n) is 2.65. The van der Waals surface area contributed by atoms with Crippen LogP contribution in [-0.2, 0) is 0 Å². The van der Waals surface area contributed by atoms with E-state index in [-0.39, 0.29) is 5.88 Å². The van der Waals surface area contributed by atoms with Gasteiger partial charge in [0, 0.05) is 11.6 Å². The molecule has 1 heterocycles. The van der Waals surface area contributed by atoms with Crippen molar-refractivity contribution in [3.8, 4) is 5.88 Å². The van der Waals surface area contributed by atoms with Gasteiger partial charge in [-0.05, 0) is 11.5 Å². The lowest BCUT2D eigenvalue weighted by Gasteiger charge is -2.01. The highest BCUT2D eigenvalue weighted by Gasteiger charge is 2.05. The van der Waals surface area contributed by atoms with E-state index in [1.165, 1.54) is 6.20 Å². The normalized spacial score (nSPS) is 10.0. The van der Waals surface area contributed by atoms with E-state index < -0.39 is 5.09 Å². The van der Waals surface area contributed by atoms with E-state index in [4.69, 9.17) is 0 Å². The summed E-state index contributed by atoms with van der Waals surface area (Å²) in [6.07, 6.45) is 1.47. The van der Waals surface area contributed by atoms with Crippen LogP contribution in [0.3, 0.4) is 0 Å². The van der Waals surface area contributed by atoms with E-state index in [1.807, 2.05) is 12.1 Å². The summed E-state index contributed by atoms with van der Waals surface area (Å²) in [7, 11) is 0. The summed E-state index contributed by atoms with van der Waals surface area (Å²) < 4.78 is 0. The maximum atomic E-state index is 10.2. The summed E-state index contributed by atoms with van der Waals surface area (Å²) in [6.45, 7) is 0. The summed E-state index contributed by atoms with van der Waals surface area (Å²) >= 11 is 0. The lowest BCUT2D eigenvalue weighted by atomic mass is 10.2. The van der Waals surface area contributed by atoms with Crippen molar-refractivity contribution in [2.45, 2.75) is 0 Å². The van der Waals surface area contributed by atoms with Crippen LogP contribution in [0.5, 0.6) is 5.88 Å². The summed E-state index contributed by atoms with van der Waals surface area (Å²) in [6, 6.07) is 8.95. The first-order chi connectivity index (χ1) is 6.77. The summed E-state index contributed by atoms with van der Waals surface area (Å²) in [5.74, 6) is 0.0214. The first-order valence-electron chi connectivity index (χ1n) is 3.93. The predicted octanol–water partition coefficient (Wildman–Crippen LogP) is 1.81. The van der Waals surface area contributed by atoms with Crippen LogP contribution in [0, 0.1) is 10.1 Å². The molecule has 0 atom stereocenters. The van der Waals surface area contributed by atoms with Crippen molar-refractivity contribution in [2.24, 2.45) is 0 Å². The summed E-state index contributed by atoms with van der Waals surface area (Å²) in [4.78, 5) is 18.3. The van der Waals surface area contributed by atoms with Crippen molar-refractivity contribution in [1.82, 2.24) is 4.98 Å². The number of rotatable bonds is 2.